The number of aromatic nitrogens is 2. The first-order chi connectivity index (χ1) is 15.1. The molecule has 6 heteroatoms. The minimum Gasteiger partial charge on any atom is -0.463 e. The molecule has 0 amide bonds. The van der Waals surface area contributed by atoms with Gasteiger partial charge in [0.1, 0.15) is 0 Å². The topological polar surface area (TPSA) is 84.1 Å². The Kier molecular flexibility index (Phi) is 4.55. The summed E-state index contributed by atoms with van der Waals surface area (Å²) in [6.07, 6.45) is 1.70. The van der Waals surface area contributed by atoms with Gasteiger partial charge in [-0.3, -0.25) is 9.89 Å². The van der Waals surface area contributed by atoms with Gasteiger partial charge in [0.05, 0.1) is 35.7 Å². The lowest BCUT2D eigenvalue weighted by Gasteiger charge is -2.29. The molecule has 5 rings (SSSR count). The number of hydrogen-bond acceptors (Lipinski definition) is 5. The van der Waals surface area contributed by atoms with Gasteiger partial charge in [-0.25, -0.2) is 4.79 Å². The van der Waals surface area contributed by atoms with E-state index in [9.17, 15) is 9.59 Å². The molecule has 31 heavy (non-hydrogen) atoms. The number of carbonyl (C=O) groups excluding carboxylic acids is 2. The summed E-state index contributed by atoms with van der Waals surface area (Å²) in [5, 5.41) is 10.6. The fraction of sp³-hybridized carbons (Fsp3) is 0.160. The zero-order valence-corrected chi connectivity index (χ0v) is 17.2. The maximum absolute atomic E-state index is 13.5. The number of rotatable bonds is 4. The van der Waals surface area contributed by atoms with Gasteiger partial charge in [-0.1, -0.05) is 54.6 Å². The van der Waals surface area contributed by atoms with E-state index in [1.54, 1.807) is 13.1 Å². The maximum Gasteiger partial charge on any atom is 0.336 e. The number of Topliss-reactive ketones (excluding diaryl/α,β-unsaturated/α-hetero) is 1. The average molecular weight is 411 g/mol. The summed E-state index contributed by atoms with van der Waals surface area (Å²) >= 11 is 0. The van der Waals surface area contributed by atoms with Crippen molar-refractivity contribution >= 4 is 17.4 Å². The summed E-state index contributed by atoms with van der Waals surface area (Å²) in [5.41, 5.74) is 6.35. The molecule has 0 radical (unpaired) electrons. The summed E-state index contributed by atoms with van der Waals surface area (Å²) in [4.78, 5) is 26.6. The second-order valence-electron chi connectivity index (χ2n) is 7.55. The summed E-state index contributed by atoms with van der Waals surface area (Å²) in [5.74, 6) is -1.12. The van der Waals surface area contributed by atoms with E-state index in [0.29, 0.717) is 22.4 Å². The van der Waals surface area contributed by atoms with E-state index in [1.165, 1.54) is 0 Å². The fourth-order valence-electron chi connectivity index (χ4n) is 4.47. The van der Waals surface area contributed by atoms with E-state index in [0.717, 1.165) is 28.1 Å². The molecule has 0 unspecified atom stereocenters. The van der Waals surface area contributed by atoms with E-state index >= 15 is 0 Å². The Morgan fingerprint density at radius 2 is 1.77 bits per heavy atom. The van der Waals surface area contributed by atoms with Crippen LogP contribution in [0.3, 0.4) is 0 Å². The van der Waals surface area contributed by atoms with Crippen molar-refractivity contribution < 1.29 is 14.3 Å². The Labute approximate surface area is 179 Å². The molecule has 1 aliphatic heterocycles. The van der Waals surface area contributed by atoms with E-state index in [-0.39, 0.29) is 12.4 Å². The number of dihydropyridines is 1. The second kappa shape index (κ2) is 7.40. The molecule has 2 aromatic carbocycles. The molecule has 0 spiro atoms. The van der Waals surface area contributed by atoms with Crippen molar-refractivity contribution in [3.8, 4) is 11.3 Å². The SMILES string of the molecule is CCOC(=O)C1=C(C)NC2=C(C(=O)c3ccccc32)[C@@H]1c1cn[nH]c1-c1ccccc1. The maximum atomic E-state index is 13.5. The van der Waals surface area contributed by atoms with Gasteiger partial charge in [0.25, 0.3) is 0 Å². The lowest BCUT2D eigenvalue weighted by atomic mass is 9.79. The van der Waals surface area contributed by atoms with Gasteiger partial charge in [0.2, 0.25) is 0 Å². The van der Waals surface area contributed by atoms with Crippen molar-refractivity contribution in [2.24, 2.45) is 0 Å². The molecule has 1 aliphatic carbocycles. The molecule has 2 heterocycles. The fourth-order valence-corrected chi connectivity index (χ4v) is 4.47. The minimum atomic E-state index is -0.593. The van der Waals surface area contributed by atoms with Crippen molar-refractivity contribution in [2.75, 3.05) is 6.61 Å². The highest BCUT2D eigenvalue weighted by Crippen LogP contribution is 2.48. The third kappa shape index (κ3) is 2.91. The Balaban J connectivity index is 1.74. The number of fused-ring (bicyclic) bond motifs is 2. The molecule has 2 aliphatic rings. The predicted octanol–water partition coefficient (Wildman–Crippen LogP) is 4.21. The van der Waals surface area contributed by atoms with Crippen LogP contribution in [0, 0.1) is 0 Å². The van der Waals surface area contributed by atoms with Crippen LogP contribution in [0.5, 0.6) is 0 Å². The molecule has 0 bridgehead atoms. The van der Waals surface area contributed by atoms with Crippen LogP contribution >= 0.6 is 0 Å². The molecule has 0 saturated carbocycles. The number of aromatic amines is 1. The van der Waals surface area contributed by atoms with Crippen LogP contribution in [-0.2, 0) is 9.53 Å². The molecule has 6 nitrogen and oxygen atoms in total. The number of esters is 1. The van der Waals surface area contributed by atoms with Crippen LogP contribution < -0.4 is 5.32 Å². The zero-order chi connectivity index (χ0) is 21.5. The van der Waals surface area contributed by atoms with Crippen molar-refractivity contribution in [1.29, 1.82) is 0 Å². The third-order valence-electron chi connectivity index (χ3n) is 5.79. The Hall–Kier alpha value is -3.93. The van der Waals surface area contributed by atoms with Crippen molar-refractivity contribution in [3.63, 3.8) is 0 Å². The first-order valence-electron chi connectivity index (χ1n) is 10.2. The van der Waals surface area contributed by atoms with Gasteiger partial charge >= 0.3 is 5.97 Å². The van der Waals surface area contributed by atoms with Crippen LogP contribution in [0.15, 0.2) is 77.6 Å². The number of nitrogens with zero attached hydrogens (tertiary/aromatic N) is 1. The minimum absolute atomic E-state index is 0.0855. The first kappa shape index (κ1) is 19.1. The van der Waals surface area contributed by atoms with Crippen molar-refractivity contribution in [3.05, 3.63) is 94.3 Å². The van der Waals surface area contributed by atoms with E-state index in [1.807, 2.05) is 61.5 Å². The lowest BCUT2D eigenvalue weighted by Crippen LogP contribution is -2.29. The van der Waals surface area contributed by atoms with Crippen LogP contribution in [0.2, 0.25) is 0 Å². The summed E-state index contributed by atoms with van der Waals surface area (Å²) in [7, 11) is 0. The molecule has 154 valence electrons. The van der Waals surface area contributed by atoms with Gasteiger partial charge in [0, 0.05) is 28.0 Å². The monoisotopic (exact) mass is 411 g/mol. The standard InChI is InChI=1S/C25H21N3O3/c1-3-31-25(30)19-14(2)27-23-16-11-7-8-12-17(16)24(29)21(23)20(19)18-13-26-28-22(18)15-9-5-4-6-10-15/h4-13,20,27H,3H2,1-2H3,(H,26,28)/t20-/m1/s1. The van der Waals surface area contributed by atoms with Gasteiger partial charge in [-0.15, -0.1) is 0 Å². The van der Waals surface area contributed by atoms with E-state index in [4.69, 9.17) is 4.74 Å². The van der Waals surface area contributed by atoms with E-state index in [2.05, 4.69) is 15.5 Å². The summed E-state index contributed by atoms with van der Waals surface area (Å²) < 4.78 is 5.39. The molecule has 1 atom stereocenters. The van der Waals surface area contributed by atoms with Gasteiger partial charge in [-0.2, -0.15) is 5.10 Å². The number of hydrogen-bond donors (Lipinski definition) is 2. The predicted molar refractivity (Wildman–Crippen MR) is 117 cm³/mol. The number of ether oxygens (including phenoxy) is 1. The number of H-pyrrole nitrogens is 1. The van der Waals surface area contributed by atoms with E-state index < -0.39 is 11.9 Å². The number of nitrogens with one attached hydrogen (secondary N) is 2. The summed E-state index contributed by atoms with van der Waals surface area (Å²) in [6, 6.07) is 17.3. The van der Waals surface area contributed by atoms with Crippen LogP contribution in [0.25, 0.3) is 17.0 Å². The quantitative estimate of drug-likeness (QED) is 0.629. The average Bonchev–Trinajstić information content (AvgIpc) is 3.38. The van der Waals surface area contributed by atoms with Gasteiger partial charge < -0.3 is 10.1 Å². The van der Waals surface area contributed by atoms with Crippen LogP contribution in [0.1, 0.15) is 41.3 Å². The highest BCUT2D eigenvalue weighted by Gasteiger charge is 2.44. The molecule has 2 N–H and O–H groups in total. The normalized spacial score (nSPS) is 17.4. The lowest BCUT2D eigenvalue weighted by molar-refractivity contribution is -0.138. The molecule has 1 aromatic heterocycles. The summed E-state index contributed by atoms with van der Waals surface area (Å²) in [6.45, 7) is 3.86. The largest absolute Gasteiger partial charge is 0.463 e. The van der Waals surface area contributed by atoms with Crippen LogP contribution in [-0.4, -0.2) is 28.6 Å². The number of allylic oxidation sites excluding steroid dienone is 2. The smallest absolute Gasteiger partial charge is 0.336 e. The zero-order valence-electron chi connectivity index (χ0n) is 17.2. The number of benzene rings is 2. The first-order valence-corrected chi connectivity index (χ1v) is 10.2. The molecule has 0 fully saturated rings. The molecular formula is C25H21N3O3. The molecule has 0 saturated heterocycles. The number of ketones is 1. The Morgan fingerprint density at radius 3 is 2.52 bits per heavy atom. The number of carbonyl (C=O) groups is 2. The second-order valence-corrected chi connectivity index (χ2v) is 7.55. The Bertz CT molecular complexity index is 1270. The van der Waals surface area contributed by atoms with Gasteiger partial charge in [0.15, 0.2) is 5.78 Å². The Morgan fingerprint density at radius 1 is 1.06 bits per heavy atom. The van der Waals surface area contributed by atoms with Crippen molar-refractivity contribution in [1.82, 2.24) is 15.5 Å². The molecular weight excluding hydrogens is 390 g/mol. The van der Waals surface area contributed by atoms with Crippen LogP contribution in [0.4, 0.5) is 0 Å². The highest BCUT2D eigenvalue weighted by molar-refractivity contribution is 6.23. The third-order valence-corrected chi connectivity index (χ3v) is 5.79. The molecule has 3 aromatic rings. The van der Waals surface area contributed by atoms with Crippen molar-refractivity contribution in [2.45, 2.75) is 19.8 Å². The van der Waals surface area contributed by atoms with Gasteiger partial charge in [-0.05, 0) is 19.4 Å². The highest BCUT2D eigenvalue weighted by atomic mass is 16.5.